The summed E-state index contributed by atoms with van der Waals surface area (Å²) in [7, 11) is -2.90. The number of para-hydroxylation sites is 1. The molecule has 0 spiro atoms. The molecule has 5 nitrogen and oxygen atoms in total. The largest absolute Gasteiger partial charge is 0.454 e. The zero-order valence-electron chi connectivity index (χ0n) is 10.3. The first-order valence-electron chi connectivity index (χ1n) is 5.91. The molecule has 2 rings (SSSR count). The summed E-state index contributed by atoms with van der Waals surface area (Å²) in [6.45, 7) is 2.92. The lowest BCUT2D eigenvalue weighted by atomic mass is 10.2. The fourth-order valence-electron chi connectivity index (χ4n) is 1.72. The summed E-state index contributed by atoms with van der Waals surface area (Å²) in [5.41, 5.74) is 0.985. The molecule has 6 heteroatoms. The van der Waals surface area contributed by atoms with Crippen LogP contribution in [0.3, 0.4) is 0 Å². The molecule has 1 aromatic rings. The third-order valence-electron chi connectivity index (χ3n) is 2.82. The maximum Gasteiger partial charge on any atom is 0.231 e. The van der Waals surface area contributed by atoms with Crippen LogP contribution in [0, 0.1) is 0 Å². The molecule has 0 saturated heterocycles. The molecule has 1 aliphatic heterocycles. The Kier molecular flexibility index (Phi) is 4.08. The molecule has 0 bridgehead atoms. The van der Waals surface area contributed by atoms with Crippen LogP contribution in [0.4, 0.5) is 0 Å². The van der Waals surface area contributed by atoms with Gasteiger partial charge in [0.15, 0.2) is 21.3 Å². The minimum absolute atomic E-state index is 0.163. The lowest BCUT2D eigenvalue weighted by Gasteiger charge is -2.07. The third kappa shape index (κ3) is 3.14. The van der Waals surface area contributed by atoms with Gasteiger partial charge in [-0.1, -0.05) is 19.1 Å². The summed E-state index contributed by atoms with van der Waals surface area (Å²) in [4.78, 5) is 0. The lowest BCUT2D eigenvalue weighted by molar-refractivity contribution is 0.173. The smallest absolute Gasteiger partial charge is 0.231 e. The lowest BCUT2D eigenvalue weighted by Crippen LogP contribution is -2.23. The Morgan fingerprint density at radius 3 is 2.94 bits per heavy atom. The van der Waals surface area contributed by atoms with E-state index in [4.69, 9.17) is 9.47 Å². The van der Waals surface area contributed by atoms with Gasteiger partial charge in [0.1, 0.15) is 0 Å². The van der Waals surface area contributed by atoms with Gasteiger partial charge in [0.05, 0.1) is 5.75 Å². The molecule has 0 aromatic heterocycles. The number of hydrogen-bond donors (Lipinski definition) is 1. The Balaban J connectivity index is 1.86. The van der Waals surface area contributed by atoms with Crippen LogP contribution < -0.4 is 14.8 Å². The molecule has 0 unspecified atom stereocenters. The molecule has 0 fully saturated rings. The molecule has 1 aromatic carbocycles. The van der Waals surface area contributed by atoms with Crippen molar-refractivity contribution in [1.82, 2.24) is 5.32 Å². The van der Waals surface area contributed by atoms with Crippen molar-refractivity contribution in [1.29, 1.82) is 0 Å². The fourth-order valence-corrected chi connectivity index (χ4v) is 2.47. The number of nitrogens with one attached hydrogen (secondary N) is 1. The zero-order chi connectivity index (χ0) is 13.0. The Labute approximate surface area is 107 Å². The molecular weight excluding hydrogens is 254 g/mol. The van der Waals surface area contributed by atoms with Gasteiger partial charge in [0.25, 0.3) is 0 Å². The maximum absolute atomic E-state index is 11.3. The Morgan fingerprint density at radius 2 is 2.17 bits per heavy atom. The molecule has 18 heavy (non-hydrogen) atoms. The summed E-state index contributed by atoms with van der Waals surface area (Å²) in [5.74, 6) is 1.85. The predicted molar refractivity (Wildman–Crippen MR) is 68.6 cm³/mol. The molecule has 1 N–H and O–H groups in total. The second-order valence-corrected chi connectivity index (χ2v) is 6.54. The number of rotatable bonds is 6. The maximum atomic E-state index is 11.3. The van der Waals surface area contributed by atoms with Crippen LogP contribution in [0.1, 0.15) is 12.5 Å². The van der Waals surface area contributed by atoms with E-state index >= 15 is 0 Å². The van der Waals surface area contributed by atoms with E-state index < -0.39 is 9.84 Å². The second-order valence-electron chi connectivity index (χ2n) is 4.06. The van der Waals surface area contributed by atoms with Crippen LogP contribution in [0.5, 0.6) is 11.5 Å². The van der Waals surface area contributed by atoms with Gasteiger partial charge in [0.2, 0.25) is 6.79 Å². The predicted octanol–water partition coefficient (Wildman–Crippen LogP) is 0.940. The van der Waals surface area contributed by atoms with Crippen molar-refractivity contribution >= 4 is 9.84 Å². The van der Waals surface area contributed by atoms with E-state index in [1.165, 1.54) is 0 Å². The summed E-state index contributed by atoms with van der Waals surface area (Å²) in [6.07, 6.45) is 0. The Morgan fingerprint density at radius 1 is 1.33 bits per heavy atom. The van der Waals surface area contributed by atoms with Gasteiger partial charge in [0, 0.05) is 24.4 Å². The molecule has 0 aliphatic carbocycles. The highest BCUT2D eigenvalue weighted by atomic mass is 32.2. The van der Waals surface area contributed by atoms with E-state index in [9.17, 15) is 8.42 Å². The zero-order valence-corrected chi connectivity index (χ0v) is 11.1. The molecular formula is C12H17NO4S. The summed E-state index contributed by atoms with van der Waals surface area (Å²) >= 11 is 0. The molecule has 0 atom stereocenters. The van der Waals surface area contributed by atoms with Crippen molar-refractivity contribution in [2.45, 2.75) is 13.5 Å². The van der Waals surface area contributed by atoms with Crippen molar-refractivity contribution in [3.05, 3.63) is 23.8 Å². The van der Waals surface area contributed by atoms with E-state index in [0.717, 1.165) is 17.1 Å². The topological polar surface area (TPSA) is 64.6 Å². The monoisotopic (exact) mass is 271 g/mol. The molecule has 1 aliphatic rings. The first-order chi connectivity index (χ1) is 8.62. The van der Waals surface area contributed by atoms with Gasteiger partial charge in [-0.05, 0) is 6.07 Å². The van der Waals surface area contributed by atoms with Crippen LogP contribution in [-0.2, 0) is 16.4 Å². The van der Waals surface area contributed by atoms with Crippen molar-refractivity contribution in [3.63, 3.8) is 0 Å². The number of benzene rings is 1. The quantitative estimate of drug-likeness (QED) is 0.780. The van der Waals surface area contributed by atoms with E-state index in [1.54, 1.807) is 6.92 Å². The summed E-state index contributed by atoms with van der Waals surface area (Å²) < 4.78 is 33.3. The normalized spacial score (nSPS) is 13.8. The van der Waals surface area contributed by atoms with Gasteiger partial charge in [-0.25, -0.2) is 8.42 Å². The van der Waals surface area contributed by atoms with Crippen molar-refractivity contribution in [2.75, 3.05) is 24.8 Å². The van der Waals surface area contributed by atoms with Crippen LogP contribution in [0.15, 0.2) is 18.2 Å². The van der Waals surface area contributed by atoms with Crippen molar-refractivity contribution in [3.8, 4) is 11.5 Å². The number of fused-ring (bicyclic) bond motifs is 1. The number of hydrogen-bond acceptors (Lipinski definition) is 5. The first-order valence-corrected chi connectivity index (χ1v) is 7.73. The van der Waals surface area contributed by atoms with E-state index in [-0.39, 0.29) is 18.3 Å². The highest BCUT2D eigenvalue weighted by Gasteiger charge is 2.16. The Bertz CT molecular complexity index is 513. The fraction of sp³-hybridized carbons (Fsp3) is 0.500. The molecule has 0 amide bonds. The van der Waals surface area contributed by atoms with Crippen LogP contribution in [0.25, 0.3) is 0 Å². The molecule has 0 saturated carbocycles. The van der Waals surface area contributed by atoms with Crippen LogP contribution in [-0.4, -0.2) is 33.3 Å². The highest BCUT2D eigenvalue weighted by molar-refractivity contribution is 7.91. The van der Waals surface area contributed by atoms with Crippen LogP contribution in [0.2, 0.25) is 0 Å². The standard InChI is InChI=1S/C12H17NO4S/c1-2-18(14,15)7-6-13-8-10-4-3-5-11-12(10)17-9-16-11/h3-5,13H,2,6-9H2,1H3. The van der Waals surface area contributed by atoms with E-state index in [0.29, 0.717) is 13.1 Å². The minimum atomic E-state index is -2.90. The summed E-state index contributed by atoms with van der Waals surface area (Å²) in [5, 5.41) is 3.11. The van der Waals surface area contributed by atoms with Gasteiger partial charge >= 0.3 is 0 Å². The van der Waals surface area contributed by atoms with Gasteiger partial charge in [-0.2, -0.15) is 0 Å². The number of ether oxygens (including phenoxy) is 2. The summed E-state index contributed by atoms with van der Waals surface area (Å²) in [6, 6.07) is 5.69. The van der Waals surface area contributed by atoms with Gasteiger partial charge in [-0.15, -0.1) is 0 Å². The van der Waals surface area contributed by atoms with Crippen molar-refractivity contribution < 1.29 is 17.9 Å². The highest BCUT2D eigenvalue weighted by Crippen LogP contribution is 2.35. The second kappa shape index (κ2) is 5.58. The molecule has 100 valence electrons. The minimum Gasteiger partial charge on any atom is -0.454 e. The third-order valence-corrected chi connectivity index (χ3v) is 4.53. The van der Waals surface area contributed by atoms with E-state index in [2.05, 4.69) is 5.32 Å². The molecule has 1 heterocycles. The van der Waals surface area contributed by atoms with Crippen molar-refractivity contribution in [2.24, 2.45) is 0 Å². The van der Waals surface area contributed by atoms with Crippen LogP contribution >= 0.6 is 0 Å². The number of sulfone groups is 1. The average Bonchev–Trinajstić information content (AvgIpc) is 2.83. The van der Waals surface area contributed by atoms with Gasteiger partial charge in [-0.3, -0.25) is 0 Å². The molecule has 0 radical (unpaired) electrons. The first kappa shape index (κ1) is 13.2. The van der Waals surface area contributed by atoms with E-state index in [1.807, 2.05) is 18.2 Å². The SMILES string of the molecule is CCS(=O)(=O)CCNCc1cccc2c1OCO2. The Hall–Kier alpha value is -1.27. The average molecular weight is 271 g/mol. The van der Waals surface area contributed by atoms with Gasteiger partial charge < -0.3 is 14.8 Å².